The molecule has 0 saturated carbocycles. The van der Waals surface area contributed by atoms with Crippen LogP contribution in [0.2, 0.25) is 0 Å². The summed E-state index contributed by atoms with van der Waals surface area (Å²) in [6.45, 7) is 2.22. The molecule has 0 fully saturated rings. The number of halogens is 1. The Bertz CT molecular complexity index is 778. The van der Waals surface area contributed by atoms with Gasteiger partial charge in [-0.25, -0.2) is 0 Å². The highest BCUT2D eigenvalue weighted by Gasteiger charge is 2.09. The van der Waals surface area contributed by atoms with Gasteiger partial charge in [-0.2, -0.15) is 0 Å². The molecule has 0 saturated heterocycles. The zero-order valence-electron chi connectivity index (χ0n) is 14.3. The highest BCUT2D eigenvalue weighted by molar-refractivity contribution is 9.10. The molecule has 0 aliphatic rings. The molecule has 0 unspecified atom stereocenters. The normalized spacial score (nSPS) is 10.2. The molecule has 138 valence electrons. The summed E-state index contributed by atoms with van der Waals surface area (Å²) < 4.78 is 0.937. The van der Waals surface area contributed by atoms with E-state index >= 15 is 0 Å². The van der Waals surface area contributed by atoms with Crippen LogP contribution in [0.4, 0.5) is 5.69 Å². The van der Waals surface area contributed by atoms with Gasteiger partial charge >= 0.3 is 0 Å². The van der Waals surface area contributed by atoms with Crippen molar-refractivity contribution < 1.29 is 14.4 Å². The Hall–Kier alpha value is -2.19. The zero-order valence-corrected chi connectivity index (χ0v) is 16.7. The largest absolute Gasteiger partial charge is 0.351 e. The molecule has 0 aliphatic heterocycles. The number of nitrogens with one attached hydrogen (secondary N) is 3. The third-order valence-corrected chi connectivity index (χ3v) is 4.88. The fourth-order valence-corrected chi connectivity index (χ4v) is 3.29. The first-order chi connectivity index (χ1) is 12.5. The fraction of sp³-hybridized carbons (Fsp3) is 0.278. The second-order valence-corrected chi connectivity index (χ2v) is 7.48. The van der Waals surface area contributed by atoms with Gasteiger partial charge in [0.2, 0.25) is 11.8 Å². The molecule has 0 aliphatic carbocycles. The third-order valence-electron chi connectivity index (χ3n) is 3.52. The minimum absolute atomic E-state index is 0.0874. The van der Waals surface area contributed by atoms with Crippen LogP contribution in [-0.4, -0.2) is 30.8 Å². The van der Waals surface area contributed by atoms with Crippen molar-refractivity contribution in [2.45, 2.75) is 19.8 Å². The lowest BCUT2D eigenvalue weighted by molar-refractivity contribution is -0.124. The van der Waals surface area contributed by atoms with Crippen molar-refractivity contribution in [1.29, 1.82) is 0 Å². The second-order valence-electron chi connectivity index (χ2n) is 5.62. The predicted octanol–water partition coefficient (Wildman–Crippen LogP) is 3.08. The summed E-state index contributed by atoms with van der Waals surface area (Å²) in [7, 11) is 0. The molecule has 8 heteroatoms. The minimum atomic E-state index is -0.283. The molecule has 0 bridgehead atoms. The highest BCUT2D eigenvalue weighted by atomic mass is 79.9. The first-order valence-electron chi connectivity index (χ1n) is 8.10. The Kier molecular flexibility index (Phi) is 7.80. The van der Waals surface area contributed by atoms with E-state index in [1.807, 2.05) is 30.5 Å². The smallest absolute Gasteiger partial charge is 0.261 e. The number of hydrogen-bond acceptors (Lipinski definition) is 4. The molecule has 3 N–H and O–H groups in total. The maximum atomic E-state index is 11.9. The molecule has 0 spiro atoms. The number of carbonyl (C=O) groups is 3. The lowest BCUT2D eigenvalue weighted by atomic mass is 10.2. The van der Waals surface area contributed by atoms with Gasteiger partial charge in [0, 0.05) is 23.1 Å². The topological polar surface area (TPSA) is 87.3 Å². The summed E-state index contributed by atoms with van der Waals surface area (Å²) in [6, 6.07) is 9.10. The first-order valence-corrected chi connectivity index (χ1v) is 9.77. The summed E-state index contributed by atoms with van der Waals surface area (Å²) in [4.78, 5) is 36.1. The number of hydrogen-bond donors (Lipinski definition) is 3. The molecule has 2 aromatic rings. The number of amides is 3. The predicted molar refractivity (Wildman–Crippen MR) is 106 cm³/mol. The van der Waals surface area contributed by atoms with Gasteiger partial charge in [0.1, 0.15) is 0 Å². The van der Waals surface area contributed by atoms with E-state index in [2.05, 4.69) is 31.9 Å². The van der Waals surface area contributed by atoms with Gasteiger partial charge in [-0.1, -0.05) is 22.0 Å². The van der Waals surface area contributed by atoms with Gasteiger partial charge in [-0.05, 0) is 48.6 Å². The summed E-state index contributed by atoms with van der Waals surface area (Å²) >= 11 is 4.74. The van der Waals surface area contributed by atoms with Crippen LogP contribution in [0.25, 0.3) is 0 Å². The van der Waals surface area contributed by atoms with E-state index in [1.54, 1.807) is 12.1 Å². The van der Waals surface area contributed by atoms with E-state index in [4.69, 9.17) is 0 Å². The zero-order chi connectivity index (χ0) is 18.9. The maximum Gasteiger partial charge on any atom is 0.261 e. The van der Waals surface area contributed by atoms with Gasteiger partial charge in [-0.3, -0.25) is 14.4 Å². The SMILES string of the molecule is Cc1cc(Br)ccc1NC(=O)CNC(=O)CCCNC(=O)c1cccs1. The molecule has 1 heterocycles. The Morgan fingerprint density at radius 1 is 1.12 bits per heavy atom. The van der Waals surface area contributed by atoms with E-state index in [-0.39, 0.29) is 30.7 Å². The number of benzene rings is 1. The minimum Gasteiger partial charge on any atom is -0.351 e. The first kappa shape index (κ1) is 20.1. The quantitative estimate of drug-likeness (QED) is 0.554. The average molecular weight is 438 g/mol. The molecule has 1 aromatic carbocycles. The van der Waals surface area contributed by atoms with Crippen LogP contribution < -0.4 is 16.0 Å². The van der Waals surface area contributed by atoms with E-state index in [0.717, 1.165) is 10.0 Å². The fourth-order valence-electron chi connectivity index (χ4n) is 2.17. The molecule has 0 radical (unpaired) electrons. The number of carbonyl (C=O) groups excluding carboxylic acids is 3. The number of anilines is 1. The molecular formula is C18H20BrN3O3S. The van der Waals surface area contributed by atoms with Crippen LogP contribution in [0.5, 0.6) is 0 Å². The van der Waals surface area contributed by atoms with E-state index in [0.29, 0.717) is 23.5 Å². The van der Waals surface area contributed by atoms with Crippen molar-refractivity contribution in [3.05, 3.63) is 50.6 Å². The van der Waals surface area contributed by atoms with Gasteiger partial charge in [0.05, 0.1) is 11.4 Å². The Morgan fingerprint density at radius 3 is 2.62 bits per heavy atom. The Labute approximate surface area is 164 Å². The standard InChI is InChI=1S/C18H20BrN3O3S/c1-12-10-13(19)6-7-14(12)22-17(24)11-21-16(23)5-2-8-20-18(25)15-4-3-9-26-15/h3-4,6-7,9-10H,2,5,8,11H2,1H3,(H,20,25)(H,21,23)(H,22,24). The van der Waals surface area contributed by atoms with Crippen LogP contribution in [0.1, 0.15) is 28.1 Å². The van der Waals surface area contributed by atoms with Gasteiger partial charge < -0.3 is 16.0 Å². The summed E-state index contributed by atoms with van der Waals surface area (Å²) in [5.74, 6) is -0.641. The Balaban J connectivity index is 1.62. The average Bonchev–Trinajstić information content (AvgIpc) is 3.14. The number of rotatable bonds is 8. The molecule has 2 rings (SSSR count). The van der Waals surface area contributed by atoms with Crippen LogP contribution in [0.3, 0.4) is 0 Å². The van der Waals surface area contributed by atoms with Crippen molar-refractivity contribution >= 4 is 50.7 Å². The molecule has 6 nitrogen and oxygen atoms in total. The van der Waals surface area contributed by atoms with Crippen LogP contribution >= 0.6 is 27.3 Å². The lowest BCUT2D eigenvalue weighted by Crippen LogP contribution is -2.33. The summed E-state index contributed by atoms with van der Waals surface area (Å²) in [5, 5.41) is 9.93. The highest BCUT2D eigenvalue weighted by Crippen LogP contribution is 2.19. The van der Waals surface area contributed by atoms with Crippen molar-refractivity contribution in [2.75, 3.05) is 18.4 Å². The molecular weight excluding hydrogens is 418 g/mol. The van der Waals surface area contributed by atoms with E-state index in [1.165, 1.54) is 11.3 Å². The van der Waals surface area contributed by atoms with E-state index in [9.17, 15) is 14.4 Å². The number of aryl methyl sites for hydroxylation is 1. The molecule has 26 heavy (non-hydrogen) atoms. The van der Waals surface area contributed by atoms with Crippen molar-refractivity contribution in [3.8, 4) is 0 Å². The summed E-state index contributed by atoms with van der Waals surface area (Å²) in [6.07, 6.45) is 0.756. The lowest BCUT2D eigenvalue weighted by Gasteiger charge is -2.10. The van der Waals surface area contributed by atoms with Crippen molar-refractivity contribution in [1.82, 2.24) is 10.6 Å². The van der Waals surface area contributed by atoms with E-state index < -0.39 is 0 Å². The maximum absolute atomic E-state index is 11.9. The van der Waals surface area contributed by atoms with Crippen LogP contribution in [0, 0.1) is 6.92 Å². The molecule has 3 amide bonds. The van der Waals surface area contributed by atoms with Crippen molar-refractivity contribution in [2.24, 2.45) is 0 Å². The van der Waals surface area contributed by atoms with Crippen LogP contribution in [0.15, 0.2) is 40.2 Å². The van der Waals surface area contributed by atoms with Crippen molar-refractivity contribution in [3.63, 3.8) is 0 Å². The van der Waals surface area contributed by atoms with Crippen LogP contribution in [-0.2, 0) is 9.59 Å². The molecule has 0 atom stereocenters. The van der Waals surface area contributed by atoms with Gasteiger partial charge in [-0.15, -0.1) is 11.3 Å². The van der Waals surface area contributed by atoms with Gasteiger partial charge in [0.15, 0.2) is 0 Å². The molecule has 1 aromatic heterocycles. The number of thiophene rings is 1. The summed E-state index contributed by atoms with van der Waals surface area (Å²) in [5.41, 5.74) is 1.64. The Morgan fingerprint density at radius 2 is 1.92 bits per heavy atom. The van der Waals surface area contributed by atoms with Gasteiger partial charge in [0.25, 0.3) is 5.91 Å². The third kappa shape index (κ3) is 6.61. The second kappa shape index (κ2) is 10.1. The monoisotopic (exact) mass is 437 g/mol.